The van der Waals surface area contributed by atoms with Gasteiger partial charge in [-0.25, -0.2) is 23.2 Å². The number of halogens is 2. The van der Waals surface area contributed by atoms with E-state index in [1.54, 1.807) is 4.57 Å². The van der Waals surface area contributed by atoms with Crippen LogP contribution in [0.15, 0.2) is 33.6 Å². The highest BCUT2D eigenvalue weighted by molar-refractivity contribution is 5.76. The number of rotatable bonds is 8. The van der Waals surface area contributed by atoms with Gasteiger partial charge in [0.2, 0.25) is 5.91 Å². The first kappa shape index (κ1) is 21.0. The number of fused-ring (bicyclic) bond motifs is 1. The van der Waals surface area contributed by atoms with Gasteiger partial charge in [-0.1, -0.05) is 0 Å². The second-order valence-electron chi connectivity index (χ2n) is 7.48. The third-order valence-electron chi connectivity index (χ3n) is 5.22. The molecule has 1 aliphatic heterocycles. The van der Waals surface area contributed by atoms with Crippen LogP contribution in [0.4, 0.5) is 8.78 Å². The Hall–Kier alpha value is -3.30. The Bertz CT molecular complexity index is 1130. The number of nitrogens with zero attached hydrogens (tertiary/aromatic N) is 4. The fourth-order valence-corrected chi connectivity index (χ4v) is 3.60. The minimum absolute atomic E-state index is 0.0849. The summed E-state index contributed by atoms with van der Waals surface area (Å²) in [5, 5.41) is 7.17. The maximum Gasteiger partial charge on any atom is 0.345 e. The van der Waals surface area contributed by atoms with E-state index < -0.39 is 11.6 Å². The molecule has 0 bridgehead atoms. The van der Waals surface area contributed by atoms with Crippen molar-refractivity contribution < 1.29 is 18.0 Å². The number of amides is 1. The number of aryl methyl sites for hydroxylation is 3. The van der Waals surface area contributed by atoms with Crippen molar-refractivity contribution in [3.8, 4) is 11.3 Å². The first-order chi connectivity index (χ1) is 15.0. The minimum atomic E-state index is -0.738. The van der Waals surface area contributed by atoms with E-state index in [-0.39, 0.29) is 35.8 Å². The van der Waals surface area contributed by atoms with Gasteiger partial charge in [0, 0.05) is 45.0 Å². The van der Waals surface area contributed by atoms with Gasteiger partial charge in [0.25, 0.3) is 0 Å². The lowest BCUT2D eigenvalue weighted by molar-refractivity contribution is -0.121. The van der Waals surface area contributed by atoms with Gasteiger partial charge in [0.1, 0.15) is 17.5 Å². The molecule has 0 saturated carbocycles. The first-order valence-electron chi connectivity index (χ1n) is 10.3. The van der Waals surface area contributed by atoms with Crippen LogP contribution in [0.25, 0.3) is 11.3 Å². The van der Waals surface area contributed by atoms with Gasteiger partial charge in [-0.3, -0.25) is 9.36 Å². The monoisotopic (exact) mass is 431 g/mol. The normalized spacial score (nSPS) is 13.2. The van der Waals surface area contributed by atoms with Crippen molar-refractivity contribution in [3.05, 3.63) is 58.2 Å². The molecule has 0 unspecified atom stereocenters. The number of hydrogen-bond acceptors (Lipinski definition) is 5. The van der Waals surface area contributed by atoms with Crippen LogP contribution in [-0.2, 0) is 30.7 Å². The quantitative estimate of drug-likeness (QED) is 0.553. The van der Waals surface area contributed by atoms with E-state index in [0.717, 1.165) is 43.8 Å². The molecular weight excluding hydrogens is 408 g/mol. The van der Waals surface area contributed by atoms with Crippen molar-refractivity contribution in [1.82, 2.24) is 24.6 Å². The summed E-state index contributed by atoms with van der Waals surface area (Å²) in [6, 6.07) is 3.20. The number of carbonyl (C=O) groups excluding carboxylic acids is 1. The van der Waals surface area contributed by atoms with Crippen LogP contribution in [0.3, 0.4) is 0 Å². The molecule has 0 fully saturated rings. The van der Waals surface area contributed by atoms with Gasteiger partial charge in [-0.05, 0) is 31.4 Å². The number of aromatic nitrogens is 4. The number of hydrogen-bond donors (Lipinski definition) is 1. The summed E-state index contributed by atoms with van der Waals surface area (Å²) in [5.41, 5.74) is 0.0270. The third kappa shape index (κ3) is 4.89. The molecule has 2 aromatic heterocycles. The van der Waals surface area contributed by atoms with Crippen molar-refractivity contribution in [2.24, 2.45) is 0 Å². The Morgan fingerprint density at radius 3 is 2.94 bits per heavy atom. The highest BCUT2D eigenvalue weighted by Crippen LogP contribution is 2.24. The predicted octanol–water partition coefficient (Wildman–Crippen LogP) is 2.45. The van der Waals surface area contributed by atoms with E-state index >= 15 is 0 Å². The Morgan fingerprint density at radius 2 is 2.13 bits per heavy atom. The third-order valence-corrected chi connectivity index (χ3v) is 5.22. The molecule has 4 rings (SSSR count). The van der Waals surface area contributed by atoms with Crippen molar-refractivity contribution in [1.29, 1.82) is 0 Å². The van der Waals surface area contributed by atoms with Gasteiger partial charge in [0.15, 0.2) is 11.7 Å². The van der Waals surface area contributed by atoms with Gasteiger partial charge in [-0.15, -0.1) is 0 Å². The molecule has 3 heterocycles. The van der Waals surface area contributed by atoms with Crippen LogP contribution >= 0.6 is 0 Å². The first-order valence-corrected chi connectivity index (χ1v) is 10.3. The average Bonchev–Trinajstić information content (AvgIpc) is 3.35. The SMILES string of the molecule is O=C(CCc1ncc(-c2ccc(F)cc2F)o1)NCCCn1nc2n(c1=O)CCCC2. The van der Waals surface area contributed by atoms with Crippen LogP contribution in [0, 0.1) is 11.6 Å². The summed E-state index contributed by atoms with van der Waals surface area (Å²) in [6.07, 6.45) is 5.24. The van der Waals surface area contributed by atoms with Crippen LogP contribution in [0.2, 0.25) is 0 Å². The summed E-state index contributed by atoms with van der Waals surface area (Å²) in [4.78, 5) is 28.4. The highest BCUT2D eigenvalue weighted by Gasteiger charge is 2.16. The molecular formula is C21H23F2N5O3. The summed E-state index contributed by atoms with van der Waals surface area (Å²) < 4.78 is 35.5. The molecule has 1 N–H and O–H groups in total. The zero-order valence-electron chi connectivity index (χ0n) is 16.9. The topological polar surface area (TPSA) is 94.9 Å². The number of benzene rings is 1. The molecule has 0 saturated heterocycles. The number of nitrogens with one attached hydrogen (secondary N) is 1. The Labute approximate surface area is 176 Å². The minimum Gasteiger partial charge on any atom is -0.441 e. The summed E-state index contributed by atoms with van der Waals surface area (Å²) in [5.74, 6) is -0.270. The van der Waals surface area contributed by atoms with E-state index in [2.05, 4.69) is 15.4 Å². The lowest BCUT2D eigenvalue weighted by Crippen LogP contribution is -2.29. The molecule has 3 aromatic rings. The Morgan fingerprint density at radius 1 is 1.26 bits per heavy atom. The van der Waals surface area contributed by atoms with Crippen molar-refractivity contribution >= 4 is 5.91 Å². The van der Waals surface area contributed by atoms with Gasteiger partial charge in [0.05, 0.1) is 11.8 Å². The second-order valence-corrected chi connectivity index (χ2v) is 7.48. The lowest BCUT2D eigenvalue weighted by Gasteiger charge is -2.09. The van der Waals surface area contributed by atoms with Gasteiger partial charge in [-0.2, -0.15) is 5.10 Å². The van der Waals surface area contributed by atoms with E-state index in [1.165, 1.54) is 16.9 Å². The van der Waals surface area contributed by atoms with Crippen molar-refractivity contribution in [2.75, 3.05) is 6.54 Å². The maximum absolute atomic E-state index is 13.8. The maximum atomic E-state index is 13.8. The Kier molecular flexibility index (Phi) is 6.24. The zero-order valence-corrected chi connectivity index (χ0v) is 16.9. The molecule has 1 aliphatic rings. The fraction of sp³-hybridized carbons (Fsp3) is 0.429. The summed E-state index contributed by atoms with van der Waals surface area (Å²) in [7, 11) is 0. The van der Waals surface area contributed by atoms with E-state index in [4.69, 9.17) is 4.42 Å². The van der Waals surface area contributed by atoms with Crippen molar-refractivity contribution in [2.45, 2.75) is 51.6 Å². The zero-order chi connectivity index (χ0) is 21.8. The van der Waals surface area contributed by atoms with Gasteiger partial charge >= 0.3 is 5.69 Å². The molecule has 0 atom stereocenters. The Balaban J connectivity index is 1.21. The van der Waals surface area contributed by atoms with E-state index in [9.17, 15) is 18.4 Å². The van der Waals surface area contributed by atoms with Gasteiger partial charge < -0.3 is 9.73 Å². The molecule has 10 heteroatoms. The molecule has 8 nitrogen and oxygen atoms in total. The molecule has 31 heavy (non-hydrogen) atoms. The number of carbonyl (C=O) groups is 1. The average molecular weight is 431 g/mol. The molecule has 0 spiro atoms. The van der Waals surface area contributed by atoms with Crippen LogP contribution in [0.5, 0.6) is 0 Å². The summed E-state index contributed by atoms with van der Waals surface area (Å²) in [6.45, 7) is 1.60. The second kappa shape index (κ2) is 9.23. The van der Waals surface area contributed by atoms with Crippen molar-refractivity contribution in [3.63, 3.8) is 0 Å². The molecule has 0 radical (unpaired) electrons. The summed E-state index contributed by atoms with van der Waals surface area (Å²) >= 11 is 0. The molecule has 0 aliphatic carbocycles. The van der Waals surface area contributed by atoms with Crippen LogP contribution < -0.4 is 11.0 Å². The molecule has 1 aromatic carbocycles. The van der Waals surface area contributed by atoms with Crippen LogP contribution in [0.1, 0.15) is 37.4 Å². The molecule has 164 valence electrons. The smallest absolute Gasteiger partial charge is 0.345 e. The predicted molar refractivity (Wildman–Crippen MR) is 107 cm³/mol. The number of oxazole rings is 1. The fourth-order valence-electron chi connectivity index (χ4n) is 3.60. The lowest BCUT2D eigenvalue weighted by atomic mass is 10.2. The highest BCUT2D eigenvalue weighted by atomic mass is 19.1. The van der Waals surface area contributed by atoms with Crippen LogP contribution in [-0.4, -0.2) is 31.8 Å². The standard InChI is InChI=1S/C21H23F2N5O3/c22-14-5-6-15(16(23)12-14)17-13-25-20(31-17)8-7-19(29)24-9-3-11-28-21(30)27-10-2-1-4-18(27)26-28/h5-6,12-13H,1-4,7-11H2,(H,24,29). The largest absolute Gasteiger partial charge is 0.441 e. The van der Waals surface area contributed by atoms with E-state index in [1.807, 2.05) is 0 Å². The van der Waals surface area contributed by atoms with E-state index in [0.29, 0.717) is 25.4 Å². The molecule has 1 amide bonds.